The first-order chi connectivity index (χ1) is 14.3. The lowest BCUT2D eigenvalue weighted by Crippen LogP contribution is -2.11. The number of carbonyl (C=O) groups excluding carboxylic acids is 3. The Hall–Kier alpha value is -3.47. The first-order valence-corrected chi connectivity index (χ1v) is 9.06. The molecule has 2 N–H and O–H groups in total. The van der Waals surface area contributed by atoms with Gasteiger partial charge in [0.05, 0.1) is 14.2 Å². The van der Waals surface area contributed by atoms with E-state index in [1.807, 2.05) is 0 Å². The van der Waals surface area contributed by atoms with Gasteiger partial charge in [0, 0.05) is 11.6 Å². The third kappa shape index (κ3) is 5.77. The molecule has 0 spiro atoms. The second-order valence-electron chi connectivity index (χ2n) is 5.52. The molecule has 11 heteroatoms. The lowest BCUT2D eigenvalue weighted by atomic mass is 10.1. The molecule has 0 fully saturated rings. The lowest BCUT2D eigenvalue weighted by Gasteiger charge is -2.06. The van der Waals surface area contributed by atoms with Crippen LogP contribution in [0, 0.1) is 0 Å². The maximum Gasteiger partial charge on any atom is 0.387 e. The Morgan fingerprint density at radius 3 is 2.30 bits per heavy atom. The molecular weight excluding hydrogens is 424 g/mol. The third-order valence-corrected chi connectivity index (χ3v) is 4.71. The van der Waals surface area contributed by atoms with E-state index in [9.17, 15) is 23.2 Å². The number of ether oxygens (including phenoxy) is 4. The summed E-state index contributed by atoms with van der Waals surface area (Å²) in [6, 6.07) is 5.56. The second kappa shape index (κ2) is 10.3. The zero-order valence-corrected chi connectivity index (χ0v) is 16.7. The number of carbonyl (C=O) groups is 3. The summed E-state index contributed by atoms with van der Waals surface area (Å²) in [5.41, 5.74) is 6.32. The minimum Gasteiger partial charge on any atom is -0.465 e. The molecule has 1 heterocycles. The van der Waals surface area contributed by atoms with Crippen LogP contribution in [0.25, 0.3) is 6.08 Å². The first kappa shape index (κ1) is 22.8. The number of alkyl halides is 2. The number of halogens is 2. The molecule has 2 aromatic rings. The molecule has 0 atom stereocenters. The van der Waals surface area contributed by atoms with Gasteiger partial charge in [0.25, 0.3) is 0 Å². The fourth-order valence-electron chi connectivity index (χ4n) is 2.32. The summed E-state index contributed by atoms with van der Waals surface area (Å²) in [5, 5.41) is 0.0231. The number of nitrogen functional groups attached to an aromatic ring is 1. The monoisotopic (exact) mass is 441 g/mol. The predicted octanol–water partition coefficient (Wildman–Crippen LogP) is 3.26. The van der Waals surface area contributed by atoms with E-state index >= 15 is 0 Å². The van der Waals surface area contributed by atoms with Crippen molar-refractivity contribution >= 4 is 40.3 Å². The summed E-state index contributed by atoms with van der Waals surface area (Å²) < 4.78 is 42.9. The minimum absolute atomic E-state index is 0.0156. The second-order valence-corrected chi connectivity index (χ2v) is 6.57. The molecule has 1 aromatic heterocycles. The highest BCUT2D eigenvalue weighted by Crippen LogP contribution is 2.33. The molecule has 8 nitrogen and oxygen atoms in total. The maximum atomic E-state index is 12.1. The molecule has 30 heavy (non-hydrogen) atoms. The van der Waals surface area contributed by atoms with E-state index in [1.165, 1.54) is 30.3 Å². The fraction of sp³-hybridized carbons (Fsp3) is 0.211. The van der Waals surface area contributed by atoms with Gasteiger partial charge in [0.1, 0.15) is 27.8 Å². The van der Waals surface area contributed by atoms with Gasteiger partial charge in [-0.1, -0.05) is 12.1 Å². The molecule has 0 aliphatic rings. The number of benzene rings is 1. The molecule has 1 aromatic carbocycles. The smallest absolute Gasteiger partial charge is 0.387 e. The Bertz CT molecular complexity index is 955. The summed E-state index contributed by atoms with van der Waals surface area (Å²) in [7, 11) is 2.31. The van der Waals surface area contributed by atoms with Gasteiger partial charge in [-0.3, -0.25) is 0 Å². The number of thiophene rings is 1. The zero-order valence-electron chi connectivity index (χ0n) is 15.8. The van der Waals surface area contributed by atoms with Crippen LogP contribution < -0.4 is 10.5 Å². The van der Waals surface area contributed by atoms with Gasteiger partial charge in [-0.15, -0.1) is 11.3 Å². The van der Waals surface area contributed by atoms with Gasteiger partial charge in [-0.05, 0) is 23.8 Å². The summed E-state index contributed by atoms with van der Waals surface area (Å²) in [5.74, 6) is -2.33. The maximum absolute atomic E-state index is 12.1. The van der Waals surface area contributed by atoms with Crippen LogP contribution >= 0.6 is 11.3 Å². The van der Waals surface area contributed by atoms with Crippen LogP contribution in [-0.4, -0.2) is 38.7 Å². The van der Waals surface area contributed by atoms with Gasteiger partial charge < -0.3 is 24.7 Å². The topological polar surface area (TPSA) is 114 Å². The SMILES string of the molecule is COC(=O)c1sc(N)c(C(=O)OC)c1COC(=O)/C=C/c1ccc(OC(F)F)cc1. The van der Waals surface area contributed by atoms with Gasteiger partial charge in [0.15, 0.2) is 0 Å². The molecule has 0 radical (unpaired) electrons. The van der Waals surface area contributed by atoms with Crippen molar-refractivity contribution in [1.82, 2.24) is 0 Å². The van der Waals surface area contributed by atoms with Crippen LogP contribution in [0.2, 0.25) is 0 Å². The van der Waals surface area contributed by atoms with E-state index in [1.54, 1.807) is 0 Å². The average molecular weight is 441 g/mol. The number of hydrogen-bond acceptors (Lipinski definition) is 9. The number of esters is 3. The van der Waals surface area contributed by atoms with Crippen molar-refractivity contribution in [3.8, 4) is 5.75 Å². The van der Waals surface area contributed by atoms with E-state index < -0.39 is 31.1 Å². The highest BCUT2D eigenvalue weighted by atomic mass is 32.1. The average Bonchev–Trinajstić information content (AvgIpc) is 3.06. The summed E-state index contributed by atoms with van der Waals surface area (Å²) in [6.45, 7) is -3.36. The molecule has 0 aliphatic carbocycles. The van der Waals surface area contributed by atoms with E-state index in [4.69, 9.17) is 10.5 Å². The number of hydrogen-bond donors (Lipinski definition) is 1. The van der Waals surface area contributed by atoms with Crippen molar-refractivity contribution < 1.29 is 42.1 Å². The van der Waals surface area contributed by atoms with Crippen LogP contribution in [0.15, 0.2) is 30.3 Å². The lowest BCUT2D eigenvalue weighted by molar-refractivity contribution is -0.138. The normalized spacial score (nSPS) is 10.8. The van der Waals surface area contributed by atoms with Crippen LogP contribution in [0.1, 0.15) is 31.2 Å². The molecule has 0 amide bonds. The van der Waals surface area contributed by atoms with Crippen molar-refractivity contribution in [2.45, 2.75) is 13.2 Å². The Morgan fingerprint density at radius 1 is 1.10 bits per heavy atom. The molecule has 0 aliphatic heterocycles. The predicted molar refractivity (Wildman–Crippen MR) is 103 cm³/mol. The molecule has 0 bridgehead atoms. The van der Waals surface area contributed by atoms with Crippen molar-refractivity contribution in [2.24, 2.45) is 0 Å². The largest absolute Gasteiger partial charge is 0.465 e. The number of rotatable bonds is 8. The van der Waals surface area contributed by atoms with Crippen LogP contribution in [-0.2, 0) is 25.6 Å². The molecule has 0 saturated carbocycles. The highest BCUT2D eigenvalue weighted by molar-refractivity contribution is 7.18. The molecule has 2 rings (SSSR count). The first-order valence-electron chi connectivity index (χ1n) is 8.24. The summed E-state index contributed by atoms with van der Waals surface area (Å²) in [4.78, 5) is 35.9. The highest BCUT2D eigenvalue weighted by Gasteiger charge is 2.27. The number of methoxy groups -OCH3 is 2. The van der Waals surface area contributed by atoms with Crippen LogP contribution in [0.3, 0.4) is 0 Å². The summed E-state index contributed by atoms with van der Waals surface area (Å²) in [6.07, 6.45) is 2.48. The van der Waals surface area contributed by atoms with E-state index in [0.717, 1.165) is 31.6 Å². The van der Waals surface area contributed by atoms with E-state index in [0.29, 0.717) is 5.56 Å². The van der Waals surface area contributed by atoms with Gasteiger partial charge >= 0.3 is 24.5 Å². The third-order valence-electron chi connectivity index (χ3n) is 3.67. The van der Waals surface area contributed by atoms with E-state index in [2.05, 4.69) is 14.2 Å². The number of anilines is 1. The zero-order chi connectivity index (χ0) is 22.3. The van der Waals surface area contributed by atoms with Crippen molar-refractivity contribution in [1.29, 1.82) is 0 Å². The van der Waals surface area contributed by atoms with Gasteiger partial charge in [0.2, 0.25) is 0 Å². The minimum atomic E-state index is -2.93. The standard InChI is InChI=1S/C19H17F2NO7S/c1-26-17(24)14-12(15(18(25)27-2)30-16(14)22)9-28-13(23)8-5-10-3-6-11(7-4-10)29-19(20)21/h3-8,19H,9,22H2,1-2H3/b8-5+. The fourth-order valence-corrected chi connectivity index (χ4v) is 3.30. The molecule has 160 valence electrons. The Balaban J connectivity index is 2.11. The van der Waals surface area contributed by atoms with Crippen LogP contribution in [0.4, 0.5) is 13.8 Å². The van der Waals surface area contributed by atoms with Crippen molar-refractivity contribution in [3.05, 3.63) is 51.9 Å². The Labute approximate surface area is 173 Å². The Morgan fingerprint density at radius 2 is 1.73 bits per heavy atom. The van der Waals surface area contributed by atoms with Gasteiger partial charge in [-0.2, -0.15) is 8.78 Å². The molecular formula is C19H17F2NO7S. The van der Waals surface area contributed by atoms with Crippen molar-refractivity contribution in [3.63, 3.8) is 0 Å². The number of nitrogens with two attached hydrogens (primary N) is 1. The molecule has 0 unspecified atom stereocenters. The molecule has 0 saturated heterocycles. The van der Waals surface area contributed by atoms with Gasteiger partial charge in [-0.25, -0.2) is 14.4 Å². The van der Waals surface area contributed by atoms with E-state index in [-0.39, 0.29) is 26.8 Å². The summed E-state index contributed by atoms with van der Waals surface area (Å²) >= 11 is 0.813. The Kier molecular flexibility index (Phi) is 7.87. The van der Waals surface area contributed by atoms with Crippen LogP contribution in [0.5, 0.6) is 5.75 Å². The van der Waals surface area contributed by atoms with Crippen molar-refractivity contribution in [2.75, 3.05) is 20.0 Å². The quantitative estimate of drug-likeness (QED) is 0.377.